The number of carbonyl (C=O) groups excluding carboxylic acids is 1. The molecule has 1 amide bonds. The summed E-state index contributed by atoms with van der Waals surface area (Å²) in [6.07, 6.45) is 6.72. The monoisotopic (exact) mass is 452 g/mol. The van der Waals surface area contributed by atoms with Gasteiger partial charge in [-0.25, -0.2) is 14.6 Å². The number of amides is 1. The second kappa shape index (κ2) is 8.17. The Morgan fingerprint density at radius 2 is 1.90 bits per heavy atom. The molecule has 3 heterocycles. The van der Waals surface area contributed by atoms with Gasteiger partial charge < -0.3 is 9.88 Å². The first-order valence-corrected chi connectivity index (χ1v) is 10.6. The second-order valence-electron chi connectivity index (χ2n) is 7.31. The number of imidazole rings is 1. The van der Waals surface area contributed by atoms with Crippen LogP contribution in [0.5, 0.6) is 0 Å². The summed E-state index contributed by atoms with van der Waals surface area (Å²) in [4.78, 5) is 21.6. The average molecular weight is 453 g/mol. The van der Waals surface area contributed by atoms with Crippen molar-refractivity contribution < 1.29 is 4.79 Å². The summed E-state index contributed by atoms with van der Waals surface area (Å²) in [5, 5.41) is 8.43. The van der Waals surface area contributed by atoms with E-state index in [4.69, 9.17) is 23.2 Å². The van der Waals surface area contributed by atoms with Crippen LogP contribution in [0, 0.1) is 0 Å². The van der Waals surface area contributed by atoms with E-state index in [-0.39, 0.29) is 17.8 Å². The van der Waals surface area contributed by atoms with Crippen molar-refractivity contribution in [3.05, 3.63) is 94.0 Å². The molecule has 0 saturated heterocycles. The number of halogens is 2. The highest BCUT2D eigenvalue weighted by Gasteiger charge is 2.26. The molecule has 9 heteroatoms. The van der Waals surface area contributed by atoms with Crippen LogP contribution in [0.3, 0.4) is 0 Å². The molecular weight excluding hydrogens is 435 g/mol. The van der Waals surface area contributed by atoms with Crippen LogP contribution in [0.2, 0.25) is 10.0 Å². The van der Waals surface area contributed by atoms with E-state index in [0.717, 1.165) is 29.9 Å². The van der Waals surface area contributed by atoms with E-state index in [9.17, 15) is 4.79 Å². The highest BCUT2D eigenvalue weighted by Crippen LogP contribution is 2.29. The minimum Gasteiger partial charge on any atom is -0.339 e. The van der Waals surface area contributed by atoms with Crippen LogP contribution in [0.15, 0.2) is 61.2 Å². The molecule has 1 N–H and O–H groups in total. The number of nitrogens with one attached hydrogen (secondary N) is 1. The smallest absolute Gasteiger partial charge is 0.291 e. The van der Waals surface area contributed by atoms with Gasteiger partial charge in [0.2, 0.25) is 5.82 Å². The molecule has 31 heavy (non-hydrogen) atoms. The Kier molecular flexibility index (Phi) is 5.21. The minimum absolute atomic E-state index is 0.0862. The van der Waals surface area contributed by atoms with E-state index >= 15 is 0 Å². The zero-order chi connectivity index (χ0) is 21.4. The zero-order valence-electron chi connectivity index (χ0n) is 16.4. The predicted molar refractivity (Wildman–Crippen MR) is 118 cm³/mol. The largest absolute Gasteiger partial charge is 0.339 e. The summed E-state index contributed by atoms with van der Waals surface area (Å²) in [5.74, 6) is 0.526. The van der Waals surface area contributed by atoms with Crippen LogP contribution in [0.4, 0.5) is 0 Å². The number of aromatic nitrogens is 5. The van der Waals surface area contributed by atoms with Crippen LogP contribution < -0.4 is 5.32 Å². The lowest BCUT2D eigenvalue weighted by Crippen LogP contribution is -2.31. The summed E-state index contributed by atoms with van der Waals surface area (Å²) in [5.41, 5.74) is 3.04. The highest BCUT2D eigenvalue weighted by atomic mass is 35.5. The van der Waals surface area contributed by atoms with Crippen molar-refractivity contribution in [1.29, 1.82) is 0 Å². The molecule has 4 aromatic rings. The number of aryl methyl sites for hydroxylation is 1. The topological polar surface area (TPSA) is 77.6 Å². The first kappa shape index (κ1) is 19.8. The zero-order valence-corrected chi connectivity index (χ0v) is 17.9. The lowest BCUT2D eigenvalue weighted by atomic mass is 10.1. The van der Waals surface area contributed by atoms with Gasteiger partial charge in [-0.1, -0.05) is 47.5 Å². The Balaban J connectivity index is 1.35. The maximum Gasteiger partial charge on any atom is 0.291 e. The van der Waals surface area contributed by atoms with E-state index in [1.165, 1.54) is 11.9 Å². The van der Waals surface area contributed by atoms with Crippen molar-refractivity contribution in [3.8, 4) is 5.69 Å². The van der Waals surface area contributed by atoms with Crippen LogP contribution in [0.1, 0.15) is 40.0 Å². The van der Waals surface area contributed by atoms with Gasteiger partial charge in [-0.3, -0.25) is 4.79 Å². The Hall–Kier alpha value is -3.16. The van der Waals surface area contributed by atoms with Crippen molar-refractivity contribution in [1.82, 2.24) is 29.6 Å². The molecule has 1 unspecified atom stereocenters. The third-order valence-corrected chi connectivity index (χ3v) is 6.07. The quantitative estimate of drug-likeness (QED) is 0.502. The maximum atomic E-state index is 12.9. The SMILES string of the molecule is O=C(NC1CCc2ccccc2-n2ccnc21)c1ncn(Cc2c(Cl)cccc2Cl)n1. The normalized spacial score (nSPS) is 15.1. The fourth-order valence-electron chi connectivity index (χ4n) is 3.84. The average Bonchev–Trinajstić information content (AvgIpc) is 3.41. The summed E-state index contributed by atoms with van der Waals surface area (Å²) >= 11 is 12.5. The predicted octanol–water partition coefficient (Wildman–Crippen LogP) is 4.24. The van der Waals surface area contributed by atoms with Gasteiger partial charge in [-0.05, 0) is 36.6 Å². The molecule has 1 atom stereocenters. The third-order valence-electron chi connectivity index (χ3n) is 5.36. The summed E-state index contributed by atoms with van der Waals surface area (Å²) in [6.45, 7) is 0.321. The summed E-state index contributed by atoms with van der Waals surface area (Å²) in [6, 6.07) is 13.3. The highest BCUT2D eigenvalue weighted by molar-refractivity contribution is 6.35. The number of fused-ring (bicyclic) bond motifs is 3. The Labute approximate surface area is 188 Å². The molecule has 0 aliphatic carbocycles. The summed E-state index contributed by atoms with van der Waals surface area (Å²) in [7, 11) is 0. The lowest BCUT2D eigenvalue weighted by Gasteiger charge is -2.15. The van der Waals surface area contributed by atoms with Gasteiger partial charge in [0.15, 0.2) is 0 Å². The molecule has 0 saturated carbocycles. The first-order chi connectivity index (χ1) is 15.1. The van der Waals surface area contributed by atoms with E-state index in [1.54, 1.807) is 29.1 Å². The Morgan fingerprint density at radius 1 is 1.10 bits per heavy atom. The third kappa shape index (κ3) is 3.82. The number of carbonyl (C=O) groups is 1. The number of hydrogen-bond acceptors (Lipinski definition) is 4. The van der Waals surface area contributed by atoms with Gasteiger partial charge in [-0.2, -0.15) is 0 Å². The molecule has 7 nitrogen and oxygen atoms in total. The minimum atomic E-state index is -0.352. The van der Waals surface area contributed by atoms with Crippen LogP contribution in [-0.4, -0.2) is 30.2 Å². The second-order valence-corrected chi connectivity index (χ2v) is 8.13. The van der Waals surface area contributed by atoms with Gasteiger partial charge in [-0.15, -0.1) is 5.10 Å². The maximum absolute atomic E-state index is 12.9. The van der Waals surface area contributed by atoms with Crippen molar-refractivity contribution in [2.24, 2.45) is 0 Å². The molecule has 5 rings (SSSR count). The number of benzene rings is 2. The van der Waals surface area contributed by atoms with Gasteiger partial charge >= 0.3 is 0 Å². The van der Waals surface area contributed by atoms with Gasteiger partial charge in [0.05, 0.1) is 12.6 Å². The number of hydrogen-bond donors (Lipinski definition) is 1. The van der Waals surface area contributed by atoms with Crippen LogP contribution in [-0.2, 0) is 13.0 Å². The number of nitrogens with zero attached hydrogens (tertiary/aromatic N) is 5. The van der Waals surface area contributed by atoms with Gasteiger partial charge in [0.25, 0.3) is 5.91 Å². The van der Waals surface area contributed by atoms with E-state index in [1.807, 2.05) is 22.9 Å². The van der Waals surface area contributed by atoms with Crippen molar-refractivity contribution in [3.63, 3.8) is 0 Å². The lowest BCUT2D eigenvalue weighted by molar-refractivity contribution is 0.0922. The molecule has 2 aromatic heterocycles. The fraction of sp³-hybridized carbons (Fsp3) is 0.182. The van der Waals surface area contributed by atoms with Crippen molar-refractivity contribution in [2.75, 3.05) is 0 Å². The van der Waals surface area contributed by atoms with E-state index in [0.29, 0.717) is 16.6 Å². The molecule has 0 radical (unpaired) electrons. The molecule has 0 spiro atoms. The molecule has 0 fully saturated rings. The van der Waals surface area contributed by atoms with Crippen LogP contribution >= 0.6 is 23.2 Å². The summed E-state index contributed by atoms with van der Waals surface area (Å²) < 4.78 is 3.57. The van der Waals surface area contributed by atoms with Crippen molar-refractivity contribution in [2.45, 2.75) is 25.4 Å². The number of para-hydroxylation sites is 1. The molecule has 2 aromatic carbocycles. The van der Waals surface area contributed by atoms with E-state index < -0.39 is 0 Å². The first-order valence-electron chi connectivity index (χ1n) is 9.85. The van der Waals surface area contributed by atoms with Crippen LogP contribution in [0.25, 0.3) is 5.69 Å². The molecule has 1 aliphatic rings. The molecule has 156 valence electrons. The fourth-order valence-corrected chi connectivity index (χ4v) is 4.36. The Bertz CT molecular complexity index is 1240. The molecular formula is C22H18Cl2N6O. The standard InChI is InChI=1S/C22H18Cl2N6O/c23-16-5-3-6-17(24)15(16)12-29-13-26-20(28-29)22(31)27-18-9-8-14-4-1-2-7-19(14)30-11-10-25-21(18)30/h1-7,10-11,13,18H,8-9,12H2,(H,27,31). The molecule has 1 aliphatic heterocycles. The van der Waals surface area contributed by atoms with E-state index in [2.05, 4.69) is 32.5 Å². The van der Waals surface area contributed by atoms with Crippen molar-refractivity contribution >= 4 is 29.1 Å². The number of rotatable bonds is 4. The molecule has 0 bridgehead atoms. The van der Waals surface area contributed by atoms with Gasteiger partial charge in [0, 0.05) is 33.7 Å². The Morgan fingerprint density at radius 3 is 2.74 bits per heavy atom. The van der Waals surface area contributed by atoms with Gasteiger partial charge in [0.1, 0.15) is 12.2 Å².